The molecule has 0 saturated carbocycles. The quantitative estimate of drug-likeness (QED) is 0.438. The first-order valence-electron chi connectivity index (χ1n) is 8.94. The van der Waals surface area contributed by atoms with Crippen molar-refractivity contribution in [1.29, 1.82) is 0 Å². The Morgan fingerprint density at radius 3 is 2.90 bits per heavy atom. The first-order valence-corrected chi connectivity index (χ1v) is 9.32. The smallest absolute Gasteiger partial charge is 0.247 e. The topological polar surface area (TPSA) is 83.8 Å². The number of benzene rings is 1. The number of imidazole rings is 1. The van der Waals surface area contributed by atoms with Gasteiger partial charge in [-0.2, -0.15) is 0 Å². The number of fused-ring (bicyclic) bond motifs is 5. The van der Waals surface area contributed by atoms with Crippen LogP contribution in [0.25, 0.3) is 28.7 Å². The molecule has 0 radical (unpaired) electrons. The Kier molecular flexibility index (Phi) is 4.97. The molecule has 0 atom stereocenters. The molecule has 8 nitrogen and oxygen atoms in total. The molecule has 1 aromatic carbocycles. The van der Waals surface area contributed by atoms with Crippen molar-refractivity contribution in [2.45, 2.75) is 34.4 Å². The summed E-state index contributed by atoms with van der Waals surface area (Å²) in [6, 6.07) is 5.71. The van der Waals surface area contributed by atoms with E-state index in [9.17, 15) is 0 Å². The zero-order valence-electron chi connectivity index (χ0n) is 15.4. The van der Waals surface area contributed by atoms with Gasteiger partial charge in [-0.1, -0.05) is 19.0 Å². The summed E-state index contributed by atoms with van der Waals surface area (Å²) in [4.78, 5) is 9.03. The molecule has 0 spiro atoms. The van der Waals surface area contributed by atoms with Gasteiger partial charge in [-0.05, 0) is 32.0 Å². The lowest BCUT2D eigenvalue weighted by Crippen LogP contribution is -2.09. The lowest BCUT2D eigenvalue weighted by atomic mass is 10.1. The maximum absolute atomic E-state index is 6.29. The minimum Gasteiger partial charge on any atom is -0.443 e. The minimum absolute atomic E-state index is 0. The van der Waals surface area contributed by atoms with Crippen LogP contribution in [0.1, 0.15) is 31.6 Å². The summed E-state index contributed by atoms with van der Waals surface area (Å²) in [6.45, 7) is 5.32. The van der Waals surface area contributed by atoms with Crippen molar-refractivity contribution < 1.29 is 9.15 Å². The second kappa shape index (κ2) is 7.46. The Morgan fingerprint density at radius 2 is 2.14 bits per heavy atom. The highest BCUT2D eigenvalue weighted by molar-refractivity contribution is 6.31. The average Bonchev–Trinajstić information content (AvgIpc) is 3.38. The van der Waals surface area contributed by atoms with Gasteiger partial charge in [-0.3, -0.25) is 4.57 Å². The van der Waals surface area contributed by atoms with Crippen LogP contribution in [0.2, 0.25) is 5.02 Å². The molecule has 0 aliphatic carbocycles. The molecule has 1 aliphatic heterocycles. The molecule has 9 heteroatoms. The predicted octanol–water partition coefficient (Wildman–Crippen LogP) is 4.28. The molecular formula is C20H21ClN6O2. The van der Waals surface area contributed by atoms with Gasteiger partial charge in [0.25, 0.3) is 0 Å². The molecule has 1 aliphatic rings. The molecule has 5 rings (SSSR count). The van der Waals surface area contributed by atoms with Crippen LogP contribution in [0.15, 0.2) is 35.2 Å². The van der Waals surface area contributed by atoms with Crippen LogP contribution < -0.4 is 0 Å². The first kappa shape index (κ1) is 19.4. The van der Waals surface area contributed by atoms with Crippen molar-refractivity contribution in [2.24, 2.45) is 0 Å². The van der Waals surface area contributed by atoms with Crippen molar-refractivity contribution in [2.75, 3.05) is 6.61 Å². The van der Waals surface area contributed by atoms with E-state index in [1.54, 1.807) is 12.6 Å². The summed E-state index contributed by atoms with van der Waals surface area (Å²) < 4.78 is 15.3. The largest absolute Gasteiger partial charge is 0.443 e. The van der Waals surface area contributed by atoms with Gasteiger partial charge in [0.05, 0.1) is 23.6 Å². The number of ether oxygens (including phenoxy) is 1. The van der Waals surface area contributed by atoms with Crippen LogP contribution >= 0.6 is 11.6 Å². The number of hydrogen-bond acceptors (Lipinski definition) is 6. The summed E-state index contributed by atoms with van der Waals surface area (Å²) in [5.41, 5.74) is 4.24. The summed E-state index contributed by atoms with van der Waals surface area (Å²) >= 11 is 6.29. The number of oxazole rings is 1. The summed E-state index contributed by atoms with van der Waals surface area (Å²) in [7, 11) is 0. The van der Waals surface area contributed by atoms with E-state index in [1.165, 1.54) is 0 Å². The van der Waals surface area contributed by atoms with E-state index < -0.39 is 0 Å². The molecule has 29 heavy (non-hydrogen) atoms. The summed E-state index contributed by atoms with van der Waals surface area (Å²) in [5, 5.41) is 9.40. The van der Waals surface area contributed by atoms with Crippen molar-refractivity contribution in [3.05, 3.63) is 53.0 Å². The molecule has 3 aromatic heterocycles. The maximum atomic E-state index is 6.29. The fourth-order valence-corrected chi connectivity index (χ4v) is 3.59. The monoisotopic (exact) mass is 412 g/mol. The molecule has 0 bridgehead atoms. The average molecular weight is 413 g/mol. The first-order chi connectivity index (χ1) is 13.7. The SMILES string of the molecule is C.CCOCc1nnc2n1Cc1c(-c3nc(C)co3)ncn1-c1ccc(Cl)cc1-2. The molecular weight excluding hydrogens is 392 g/mol. The van der Waals surface area contributed by atoms with Crippen molar-refractivity contribution in [3.63, 3.8) is 0 Å². The van der Waals surface area contributed by atoms with E-state index in [4.69, 9.17) is 20.8 Å². The van der Waals surface area contributed by atoms with Gasteiger partial charge in [-0.15, -0.1) is 10.2 Å². The maximum Gasteiger partial charge on any atom is 0.247 e. The standard InChI is InChI=1S/C19H17ClN6O2.CH4/c1-3-27-9-16-23-24-18-13-6-12(20)4-5-14(13)26-10-21-17(15(26)7-25(16)18)19-22-11(2)8-28-19;/h4-6,8,10H,3,7,9H2,1-2H3;1H4. The fourth-order valence-electron chi connectivity index (χ4n) is 3.42. The van der Waals surface area contributed by atoms with Gasteiger partial charge < -0.3 is 13.7 Å². The van der Waals surface area contributed by atoms with Gasteiger partial charge in [-0.25, -0.2) is 9.97 Å². The number of rotatable bonds is 4. The molecule has 0 fully saturated rings. The van der Waals surface area contributed by atoms with E-state index in [1.807, 2.05) is 41.2 Å². The van der Waals surface area contributed by atoms with Crippen molar-refractivity contribution >= 4 is 11.6 Å². The third-order valence-electron chi connectivity index (χ3n) is 4.72. The van der Waals surface area contributed by atoms with E-state index in [2.05, 4.69) is 20.2 Å². The van der Waals surface area contributed by atoms with Crippen LogP contribution in [0.5, 0.6) is 0 Å². The van der Waals surface area contributed by atoms with Gasteiger partial charge in [0, 0.05) is 17.2 Å². The Bertz CT molecular complexity index is 1180. The molecule has 4 aromatic rings. The van der Waals surface area contributed by atoms with E-state index >= 15 is 0 Å². The van der Waals surface area contributed by atoms with Crippen LogP contribution in [0.3, 0.4) is 0 Å². The zero-order chi connectivity index (χ0) is 19.3. The highest BCUT2D eigenvalue weighted by atomic mass is 35.5. The Balaban J connectivity index is 0.00000205. The van der Waals surface area contributed by atoms with E-state index in [0.717, 1.165) is 34.3 Å². The van der Waals surface area contributed by atoms with Gasteiger partial charge in [0.2, 0.25) is 5.89 Å². The minimum atomic E-state index is 0. The van der Waals surface area contributed by atoms with Crippen LogP contribution in [-0.4, -0.2) is 35.9 Å². The number of nitrogens with zero attached hydrogens (tertiary/aromatic N) is 6. The third kappa shape index (κ3) is 3.14. The van der Waals surface area contributed by atoms with Crippen LogP contribution in [0.4, 0.5) is 0 Å². The lowest BCUT2D eigenvalue weighted by molar-refractivity contribution is 0.125. The predicted molar refractivity (Wildman–Crippen MR) is 109 cm³/mol. The molecule has 0 amide bonds. The Labute approximate surface area is 173 Å². The second-order valence-electron chi connectivity index (χ2n) is 6.53. The summed E-state index contributed by atoms with van der Waals surface area (Å²) in [6.07, 6.45) is 3.40. The Morgan fingerprint density at radius 1 is 1.28 bits per heavy atom. The summed E-state index contributed by atoms with van der Waals surface area (Å²) in [5.74, 6) is 1.97. The normalized spacial score (nSPS) is 12.0. The number of aromatic nitrogens is 6. The van der Waals surface area contributed by atoms with Gasteiger partial charge in [0.15, 0.2) is 11.6 Å². The zero-order valence-corrected chi connectivity index (χ0v) is 16.1. The fraction of sp³-hybridized carbons (Fsp3) is 0.300. The van der Waals surface area contributed by atoms with Crippen molar-refractivity contribution in [1.82, 2.24) is 29.3 Å². The molecule has 0 N–H and O–H groups in total. The van der Waals surface area contributed by atoms with Gasteiger partial charge >= 0.3 is 0 Å². The Hall–Kier alpha value is -2.97. The van der Waals surface area contributed by atoms with Crippen LogP contribution in [-0.2, 0) is 17.9 Å². The number of halogens is 1. The number of aryl methyl sites for hydroxylation is 1. The van der Waals surface area contributed by atoms with E-state index in [0.29, 0.717) is 36.4 Å². The molecule has 0 saturated heterocycles. The molecule has 150 valence electrons. The molecule has 0 unspecified atom stereocenters. The highest BCUT2D eigenvalue weighted by Crippen LogP contribution is 2.36. The van der Waals surface area contributed by atoms with E-state index in [-0.39, 0.29) is 7.43 Å². The third-order valence-corrected chi connectivity index (χ3v) is 4.95. The van der Waals surface area contributed by atoms with Crippen LogP contribution in [0, 0.1) is 6.92 Å². The lowest BCUT2D eigenvalue weighted by Gasteiger charge is -2.09. The highest BCUT2D eigenvalue weighted by Gasteiger charge is 2.27. The second-order valence-corrected chi connectivity index (χ2v) is 6.96. The molecule has 4 heterocycles. The number of hydrogen-bond donors (Lipinski definition) is 0. The van der Waals surface area contributed by atoms with Crippen molar-refractivity contribution in [3.8, 4) is 28.7 Å². The van der Waals surface area contributed by atoms with Gasteiger partial charge in [0.1, 0.15) is 24.9 Å².